The number of sulfonamides is 1. The van der Waals surface area contributed by atoms with E-state index >= 15 is 0 Å². The normalized spacial score (nSPS) is 12.8. The standard InChI is InChI=1S/C10H18ClF3N2O3S/c1-15(2)9(17)7-16(8-10(12,13)14)20(18,19)6-4-3-5-11/h3-8H2,1-2H3. The number of carbonyl (C=O) groups is 1. The molecule has 0 saturated carbocycles. The summed E-state index contributed by atoms with van der Waals surface area (Å²) < 4.78 is 61.1. The van der Waals surface area contributed by atoms with E-state index in [1.54, 1.807) is 0 Å². The van der Waals surface area contributed by atoms with Gasteiger partial charge >= 0.3 is 6.18 Å². The summed E-state index contributed by atoms with van der Waals surface area (Å²) in [6.07, 6.45) is -4.18. The highest BCUT2D eigenvalue weighted by atomic mass is 35.5. The SMILES string of the molecule is CN(C)C(=O)CN(CC(F)(F)F)S(=O)(=O)CCCCCl. The van der Waals surface area contributed by atoms with E-state index in [0.717, 1.165) is 4.90 Å². The fraction of sp³-hybridized carbons (Fsp3) is 0.900. The number of alkyl halides is 4. The molecule has 20 heavy (non-hydrogen) atoms. The Hall–Kier alpha value is -0.540. The quantitative estimate of drug-likeness (QED) is 0.495. The molecule has 0 aromatic rings. The molecule has 0 aromatic carbocycles. The zero-order chi connectivity index (χ0) is 16.0. The van der Waals surface area contributed by atoms with Crippen LogP contribution in [-0.4, -0.2) is 68.5 Å². The number of hydrogen-bond donors (Lipinski definition) is 0. The van der Waals surface area contributed by atoms with E-state index in [1.165, 1.54) is 14.1 Å². The van der Waals surface area contributed by atoms with Gasteiger partial charge in [0.1, 0.15) is 6.54 Å². The van der Waals surface area contributed by atoms with Crippen LogP contribution in [0.25, 0.3) is 0 Å². The third kappa shape index (κ3) is 7.91. The molecular formula is C10H18ClF3N2O3S. The molecule has 5 nitrogen and oxygen atoms in total. The number of hydrogen-bond acceptors (Lipinski definition) is 3. The Labute approximate surface area is 121 Å². The van der Waals surface area contributed by atoms with Crippen LogP contribution in [0.5, 0.6) is 0 Å². The van der Waals surface area contributed by atoms with Crippen molar-refractivity contribution in [1.29, 1.82) is 0 Å². The maximum absolute atomic E-state index is 12.4. The van der Waals surface area contributed by atoms with Gasteiger partial charge in [-0.05, 0) is 12.8 Å². The fourth-order valence-electron chi connectivity index (χ4n) is 1.25. The largest absolute Gasteiger partial charge is 0.402 e. The van der Waals surface area contributed by atoms with Crippen molar-refractivity contribution in [2.24, 2.45) is 0 Å². The third-order valence-electron chi connectivity index (χ3n) is 2.35. The first-order valence-corrected chi connectivity index (χ1v) is 7.94. The molecule has 0 aliphatic carbocycles. The minimum atomic E-state index is -4.70. The van der Waals surface area contributed by atoms with Crippen LogP contribution in [0.15, 0.2) is 0 Å². The third-order valence-corrected chi connectivity index (χ3v) is 4.46. The second kappa shape index (κ2) is 8.04. The molecule has 0 N–H and O–H groups in total. The molecule has 10 heteroatoms. The molecule has 120 valence electrons. The van der Waals surface area contributed by atoms with Crippen molar-refractivity contribution >= 4 is 27.5 Å². The second-order valence-electron chi connectivity index (χ2n) is 4.38. The Kier molecular flexibility index (Phi) is 7.82. The van der Waals surface area contributed by atoms with Gasteiger partial charge in [0.25, 0.3) is 0 Å². The molecule has 0 radical (unpaired) electrons. The van der Waals surface area contributed by atoms with Crippen LogP contribution in [0.2, 0.25) is 0 Å². The van der Waals surface area contributed by atoms with E-state index in [4.69, 9.17) is 11.6 Å². The number of amides is 1. The van der Waals surface area contributed by atoms with Crippen molar-refractivity contribution < 1.29 is 26.4 Å². The average molecular weight is 339 g/mol. The number of unbranched alkanes of at least 4 members (excludes halogenated alkanes) is 1. The van der Waals surface area contributed by atoms with Gasteiger partial charge < -0.3 is 4.90 Å². The van der Waals surface area contributed by atoms with Gasteiger partial charge in [-0.2, -0.15) is 17.5 Å². The first-order chi connectivity index (χ1) is 8.99. The summed E-state index contributed by atoms with van der Waals surface area (Å²) in [6, 6.07) is 0. The lowest BCUT2D eigenvalue weighted by molar-refractivity contribution is -0.141. The average Bonchev–Trinajstić information content (AvgIpc) is 2.26. The van der Waals surface area contributed by atoms with Crippen LogP contribution in [0.3, 0.4) is 0 Å². The molecule has 0 atom stereocenters. The molecule has 0 spiro atoms. The lowest BCUT2D eigenvalue weighted by Crippen LogP contribution is -2.45. The fourth-order valence-corrected chi connectivity index (χ4v) is 2.92. The predicted molar refractivity (Wildman–Crippen MR) is 70.1 cm³/mol. The highest BCUT2D eigenvalue weighted by Crippen LogP contribution is 2.19. The number of carbonyl (C=O) groups excluding carboxylic acids is 1. The van der Waals surface area contributed by atoms with Crippen LogP contribution in [0, 0.1) is 0 Å². The maximum Gasteiger partial charge on any atom is 0.402 e. The predicted octanol–water partition coefficient (Wildman–Crippen LogP) is 1.29. The first-order valence-electron chi connectivity index (χ1n) is 5.80. The minimum absolute atomic E-state index is 0.149. The maximum atomic E-state index is 12.4. The summed E-state index contributed by atoms with van der Waals surface area (Å²) >= 11 is 5.39. The van der Waals surface area contributed by atoms with Gasteiger partial charge in [0.05, 0.1) is 12.3 Å². The summed E-state index contributed by atoms with van der Waals surface area (Å²) in [7, 11) is -1.47. The Bertz CT molecular complexity index is 412. The Morgan fingerprint density at radius 3 is 2.15 bits per heavy atom. The Morgan fingerprint density at radius 1 is 1.20 bits per heavy atom. The van der Waals surface area contributed by atoms with Gasteiger partial charge in [0, 0.05) is 20.0 Å². The Morgan fingerprint density at radius 2 is 1.75 bits per heavy atom. The minimum Gasteiger partial charge on any atom is -0.348 e. The van der Waals surface area contributed by atoms with Gasteiger partial charge in [-0.1, -0.05) is 0 Å². The molecule has 0 aliphatic rings. The monoisotopic (exact) mass is 338 g/mol. The molecular weight excluding hydrogens is 321 g/mol. The molecule has 0 aromatic heterocycles. The van der Waals surface area contributed by atoms with E-state index in [0.29, 0.717) is 6.42 Å². The number of halogens is 4. The topological polar surface area (TPSA) is 57.7 Å². The van der Waals surface area contributed by atoms with Crippen molar-refractivity contribution in [3.63, 3.8) is 0 Å². The van der Waals surface area contributed by atoms with Gasteiger partial charge in [0.15, 0.2) is 0 Å². The zero-order valence-corrected chi connectivity index (χ0v) is 12.9. The molecule has 0 heterocycles. The van der Waals surface area contributed by atoms with Crippen LogP contribution < -0.4 is 0 Å². The van der Waals surface area contributed by atoms with Crippen LogP contribution in [-0.2, 0) is 14.8 Å². The van der Waals surface area contributed by atoms with E-state index in [2.05, 4.69) is 0 Å². The van der Waals surface area contributed by atoms with E-state index in [-0.39, 0.29) is 16.6 Å². The lowest BCUT2D eigenvalue weighted by atomic mass is 10.4. The molecule has 0 saturated heterocycles. The molecule has 0 rings (SSSR count). The van der Waals surface area contributed by atoms with Crippen molar-refractivity contribution in [1.82, 2.24) is 9.21 Å². The highest BCUT2D eigenvalue weighted by molar-refractivity contribution is 7.89. The molecule has 0 aliphatic heterocycles. The highest BCUT2D eigenvalue weighted by Gasteiger charge is 2.37. The van der Waals surface area contributed by atoms with Crippen molar-refractivity contribution in [3.05, 3.63) is 0 Å². The Balaban J connectivity index is 4.95. The van der Waals surface area contributed by atoms with Crippen LogP contribution >= 0.6 is 11.6 Å². The molecule has 1 amide bonds. The number of rotatable bonds is 8. The molecule has 0 fully saturated rings. The van der Waals surface area contributed by atoms with E-state index in [1.807, 2.05) is 0 Å². The first kappa shape index (κ1) is 19.5. The van der Waals surface area contributed by atoms with E-state index in [9.17, 15) is 26.4 Å². The van der Waals surface area contributed by atoms with Gasteiger partial charge in [-0.3, -0.25) is 4.79 Å². The second-order valence-corrected chi connectivity index (χ2v) is 6.85. The number of likely N-dealkylation sites (N-methyl/N-ethyl adjacent to an activating group) is 1. The number of nitrogens with zero attached hydrogens (tertiary/aromatic N) is 2. The smallest absolute Gasteiger partial charge is 0.348 e. The van der Waals surface area contributed by atoms with Crippen molar-refractivity contribution in [2.75, 3.05) is 38.8 Å². The summed E-state index contributed by atoms with van der Waals surface area (Å²) in [5.74, 6) is -0.947. The molecule has 0 unspecified atom stereocenters. The van der Waals surface area contributed by atoms with Gasteiger partial charge in [-0.25, -0.2) is 8.42 Å². The van der Waals surface area contributed by atoms with E-state index < -0.39 is 40.9 Å². The summed E-state index contributed by atoms with van der Waals surface area (Å²) in [6.45, 7) is -2.49. The van der Waals surface area contributed by atoms with Crippen molar-refractivity contribution in [3.8, 4) is 0 Å². The summed E-state index contributed by atoms with van der Waals surface area (Å²) in [5, 5.41) is 0. The van der Waals surface area contributed by atoms with Crippen molar-refractivity contribution in [2.45, 2.75) is 19.0 Å². The zero-order valence-electron chi connectivity index (χ0n) is 11.3. The lowest BCUT2D eigenvalue weighted by Gasteiger charge is -2.24. The van der Waals surface area contributed by atoms with Crippen LogP contribution in [0.1, 0.15) is 12.8 Å². The summed E-state index contributed by atoms with van der Waals surface area (Å²) in [5.41, 5.74) is 0. The van der Waals surface area contributed by atoms with Gasteiger partial charge in [0.2, 0.25) is 15.9 Å². The van der Waals surface area contributed by atoms with Crippen LogP contribution in [0.4, 0.5) is 13.2 Å². The molecule has 0 bridgehead atoms. The van der Waals surface area contributed by atoms with Gasteiger partial charge in [-0.15, -0.1) is 11.6 Å². The summed E-state index contributed by atoms with van der Waals surface area (Å²) in [4.78, 5) is 12.5.